The van der Waals surface area contributed by atoms with Gasteiger partial charge >= 0.3 is 0 Å². The van der Waals surface area contributed by atoms with E-state index in [4.69, 9.17) is 5.73 Å². The number of hydrogen-bond donors (Lipinski definition) is 2. The predicted molar refractivity (Wildman–Crippen MR) is 53.0 cm³/mol. The molecule has 0 aromatic heterocycles. The second-order valence-corrected chi connectivity index (χ2v) is 3.76. The summed E-state index contributed by atoms with van der Waals surface area (Å²) in [6.07, 6.45) is 3.64. The minimum absolute atomic E-state index is 0.111. The minimum atomic E-state index is -0.822. The van der Waals surface area contributed by atoms with Gasteiger partial charge < -0.3 is 10.8 Å². The fourth-order valence-corrected chi connectivity index (χ4v) is 1.01. The largest absolute Gasteiger partial charge is 0.386 e. The number of rotatable bonds is 6. The third-order valence-corrected chi connectivity index (χ3v) is 2.25. The topological polar surface area (TPSA) is 63.3 Å². The van der Waals surface area contributed by atoms with Crippen molar-refractivity contribution in [1.82, 2.24) is 0 Å². The first-order chi connectivity index (χ1) is 5.89. The number of primary amides is 1. The van der Waals surface area contributed by atoms with Crippen LogP contribution in [-0.2, 0) is 4.79 Å². The van der Waals surface area contributed by atoms with E-state index < -0.39 is 5.60 Å². The standard InChI is InChI=1S/C10H19NO2/c1-4-10(3,13)7-5-6-8(2)9(11)12/h4,8,13H,1,5-7H2,2-3H3,(H2,11,12). The Morgan fingerprint density at radius 1 is 1.77 bits per heavy atom. The van der Waals surface area contributed by atoms with E-state index in [2.05, 4.69) is 6.58 Å². The van der Waals surface area contributed by atoms with Crippen molar-refractivity contribution < 1.29 is 9.90 Å². The molecule has 0 bridgehead atoms. The summed E-state index contributed by atoms with van der Waals surface area (Å²) in [4.78, 5) is 10.7. The van der Waals surface area contributed by atoms with Gasteiger partial charge in [0, 0.05) is 5.92 Å². The van der Waals surface area contributed by atoms with Crippen LogP contribution in [0, 0.1) is 5.92 Å². The van der Waals surface area contributed by atoms with Gasteiger partial charge in [0.2, 0.25) is 5.91 Å². The summed E-state index contributed by atoms with van der Waals surface area (Å²) in [6, 6.07) is 0. The van der Waals surface area contributed by atoms with Crippen LogP contribution >= 0.6 is 0 Å². The Morgan fingerprint density at radius 3 is 2.69 bits per heavy atom. The van der Waals surface area contributed by atoms with E-state index in [1.807, 2.05) is 0 Å². The van der Waals surface area contributed by atoms with Crippen molar-refractivity contribution in [1.29, 1.82) is 0 Å². The predicted octanol–water partition coefficient (Wildman–Crippen LogP) is 1.22. The van der Waals surface area contributed by atoms with Gasteiger partial charge in [0.05, 0.1) is 5.60 Å². The second-order valence-electron chi connectivity index (χ2n) is 3.76. The summed E-state index contributed by atoms with van der Waals surface area (Å²) in [6.45, 7) is 7.02. The SMILES string of the molecule is C=CC(C)(O)CCCC(C)C(N)=O. The summed E-state index contributed by atoms with van der Waals surface area (Å²) in [7, 11) is 0. The van der Waals surface area contributed by atoms with Crippen molar-refractivity contribution >= 4 is 5.91 Å². The maximum Gasteiger partial charge on any atom is 0.220 e. The lowest BCUT2D eigenvalue weighted by Gasteiger charge is -2.18. The number of nitrogens with two attached hydrogens (primary N) is 1. The summed E-state index contributed by atoms with van der Waals surface area (Å²) in [5.41, 5.74) is 4.27. The van der Waals surface area contributed by atoms with E-state index in [1.54, 1.807) is 13.8 Å². The lowest BCUT2D eigenvalue weighted by molar-refractivity contribution is -0.121. The highest BCUT2D eigenvalue weighted by molar-refractivity contribution is 5.76. The molecule has 76 valence electrons. The van der Waals surface area contributed by atoms with E-state index in [0.717, 1.165) is 12.8 Å². The average Bonchev–Trinajstić information content (AvgIpc) is 2.04. The highest BCUT2D eigenvalue weighted by atomic mass is 16.3. The molecular formula is C10H19NO2. The number of carbonyl (C=O) groups is 1. The van der Waals surface area contributed by atoms with E-state index in [1.165, 1.54) is 6.08 Å². The smallest absolute Gasteiger partial charge is 0.220 e. The lowest BCUT2D eigenvalue weighted by atomic mass is 9.95. The van der Waals surface area contributed by atoms with Crippen molar-refractivity contribution in [3.05, 3.63) is 12.7 Å². The molecule has 3 heteroatoms. The molecular weight excluding hydrogens is 166 g/mol. The van der Waals surface area contributed by atoms with E-state index in [-0.39, 0.29) is 11.8 Å². The molecule has 0 aliphatic heterocycles. The molecule has 1 amide bonds. The van der Waals surface area contributed by atoms with Gasteiger partial charge in [-0.1, -0.05) is 13.0 Å². The normalized spacial score (nSPS) is 17.5. The molecule has 0 spiro atoms. The average molecular weight is 185 g/mol. The Morgan fingerprint density at radius 2 is 2.31 bits per heavy atom. The molecule has 0 radical (unpaired) electrons. The maximum atomic E-state index is 10.7. The number of amides is 1. The first-order valence-corrected chi connectivity index (χ1v) is 4.54. The zero-order chi connectivity index (χ0) is 10.5. The van der Waals surface area contributed by atoms with E-state index >= 15 is 0 Å². The van der Waals surface area contributed by atoms with Crippen molar-refractivity contribution in [2.75, 3.05) is 0 Å². The molecule has 13 heavy (non-hydrogen) atoms. The first kappa shape index (κ1) is 12.2. The van der Waals surface area contributed by atoms with Crippen LogP contribution in [0.25, 0.3) is 0 Å². The molecule has 3 nitrogen and oxygen atoms in total. The number of aliphatic hydroxyl groups is 1. The van der Waals surface area contributed by atoms with Crippen LogP contribution in [-0.4, -0.2) is 16.6 Å². The summed E-state index contributed by atoms with van der Waals surface area (Å²) < 4.78 is 0. The highest BCUT2D eigenvalue weighted by Crippen LogP contribution is 2.16. The Labute approximate surface area is 79.6 Å². The molecule has 0 fully saturated rings. The quantitative estimate of drug-likeness (QED) is 0.611. The number of carbonyl (C=O) groups excluding carboxylic acids is 1. The van der Waals surface area contributed by atoms with Crippen molar-refractivity contribution in [2.45, 2.75) is 38.7 Å². The van der Waals surface area contributed by atoms with E-state index in [0.29, 0.717) is 6.42 Å². The molecule has 0 aromatic rings. The van der Waals surface area contributed by atoms with Crippen LogP contribution in [0.15, 0.2) is 12.7 Å². The molecule has 2 unspecified atom stereocenters. The first-order valence-electron chi connectivity index (χ1n) is 4.54. The molecule has 0 saturated carbocycles. The lowest BCUT2D eigenvalue weighted by Crippen LogP contribution is -2.23. The maximum absolute atomic E-state index is 10.7. The van der Waals surface area contributed by atoms with E-state index in [9.17, 15) is 9.90 Å². The fourth-order valence-electron chi connectivity index (χ4n) is 1.01. The molecule has 0 aliphatic rings. The van der Waals surface area contributed by atoms with Crippen LogP contribution in [0.1, 0.15) is 33.1 Å². The molecule has 0 rings (SSSR count). The Balaban J connectivity index is 3.68. The van der Waals surface area contributed by atoms with Gasteiger partial charge in [0.1, 0.15) is 0 Å². The van der Waals surface area contributed by atoms with Gasteiger partial charge in [0.25, 0.3) is 0 Å². The number of hydrogen-bond acceptors (Lipinski definition) is 2. The summed E-state index contributed by atoms with van der Waals surface area (Å²) in [5.74, 6) is -0.390. The molecule has 0 heterocycles. The third kappa shape index (κ3) is 5.42. The Kier molecular flexibility index (Phi) is 4.70. The van der Waals surface area contributed by atoms with Gasteiger partial charge in [-0.15, -0.1) is 6.58 Å². The monoisotopic (exact) mass is 185 g/mol. The zero-order valence-electron chi connectivity index (χ0n) is 8.42. The molecule has 0 saturated heterocycles. The van der Waals surface area contributed by atoms with Crippen LogP contribution in [0.3, 0.4) is 0 Å². The molecule has 2 atom stereocenters. The molecule has 3 N–H and O–H groups in total. The molecule has 0 aromatic carbocycles. The Hall–Kier alpha value is -0.830. The third-order valence-electron chi connectivity index (χ3n) is 2.25. The van der Waals surface area contributed by atoms with Crippen LogP contribution in [0.2, 0.25) is 0 Å². The highest BCUT2D eigenvalue weighted by Gasteiger charge is 2.16. The van der Waals surface area contributed by atoms with Gasteiger partial charge in [0.15, 0.2) is 0 Å². The van der Waals surface area contributed by atoms with Gasteiger partial charge in [-0.25, -0.2) is 0 Å². The van der Waals surface area contributed by atoms with Crippen molar-refractivity contribution in [2.24, 2.45) is 11.7 Å². The minimum Gasteiger partial charge on any atom is -0.386 e. The second kappa shape index (κ2) is 5.02. The summed E-state index contributed by atoms with van der Waals surface area (Å²) in [5, 5.41) is 9.54. The van der Waals surface area contributed by atoms with Crippen LogP contribution in [0.5, 0.6) is 0 Å². The molecule has 0 aliphatic carbocycles. The Bertz CT molecular complexity index is 187. The van der Waals surface area contributed by atoms with Crippen LogP contribution < -0.4 is 5.73 Å². The van der Waals surface area contributed by atoms with Gasteiger partial charge in [-0.2, -0.15) is 0 Å². The zero-order valence-corrected chi connectivity index (χ0v) is 8.42. The summed E-state index contributed by atoms with van der Waals surface area (Å²) >= 11 is 0. The van der Waals surface area contributed by atoms with Gasteiger partial charge in [-0.3, -0.25) is 4.79 Å². The van der Waals surface area contributed by atoms with Gasteiger partial charge in [-0.05, 0) is 26.2 Å². The fraction of sp³-hybridized carbons (Fsp3) is 0.700. The van der Waals surface area contributed by atoms with Crippen LogP contribution in [0.4, 0.5) is 0 Å². The van der Waals surface area contributed by atoms with Crippen molar-refractivity contribution in [3.8, 4) is 0 Å². The van der Waals surface area contributed by atoms with Crippen molar-refractivity contribution in [3.63, 3.8) is 0 Å².